The zero-order valence-corrected chi connectivity index (χ0v) is 11.9. The largest absolute Gasteiger partial charge is 0.396 e. The number of ether oxygens (including phenoxy) is 2. The van der Waals surface area contributed by atoms with Gasteiger partial charge in [-0.25, -0.2) is 0 Å². The average Bonchev–Trinajstić information content (AvgIpc) is 3.12. The van der Waals surface area contributed by atoms with Gasteiger partial charge in [0.1, 0.15) is 11.7 Å². The number of fused-ring (bicyclic) bond motifs is 2. The second-order valence-corrected chi connectivity index (χ2v) is 7.19. The molecule has 4 aliphatic rings. The number of epoxide rings is 1. The molecule has 0 unspecified atom stereocenters. The van der Waals surface area contributed by atoms with Gasteiger partial charge in [0, 0.05) is 5.41 Å². The van der Waals surface area contributed by atoms with Crippen LogP contribution in [0.4, 0.5) is 0 Å². The van der Waals surface area contributed by atoms with E-state index in [9.17, 15) is 15.3 Å². The maximum absolute atomic E-state index is 10.7. The highest BCUT2D eigenvalue weighted by Gasteiger charge is 2.82. The van der Waals surface area contributed by atoms with Crippen molar-refractivity contribution in [1.29, 1.82) is 0 Å². The van der Waals surface area contributed by atoms with E-state index in [1.165, 1.54) is 0 Å². The van der Waals surface area contributed by atoms with Crippen molar-refractivity contribution in [2.75, 3.05) is 13.2 Å². The van der Waals surface area contributed by atoms with E-state index >= 15 is 0 Å². The summed E-state index contributed by atoms with van der Waals surface area (Å²) in [5, 5.41) is 31.3. The monoisotopic (exact) mass is 282 g/mol. The molecule has 0 aromatic carbocycles. The molecule has 7 atom stereocenters. The van der Waals surface area contributed by atoms with E-state index < -0.39 is 28.6 Å². The van der Waals surface area contributed by atoms with E-state index in [1.54, 1.807) is 0 Å². The standard InChI is InChI=1S/C15H22O5/c1-8-3-10(18)14(6-16)11(4-8)20-12-9(17)5-13(14,2)15(12)7-19-15/h4,9-12,16-18H,3,5-7H2,1-2H3/t9-,10-,11-,12-,13-,14+,15+/m1/s1. The predicted molar refractivity (Wildman–Crippen MR) is 70.0 cm³/mol. The normalized spacial score (nSPS) is 60.4. The Balaban J connectivity index is 1.91. The third-order valence-electron chi connectivity index (χ3n) is 6.45. The molecule has 2 aliphatic carbocycles. The molecular weight excluding hydrogens is 260 g/mol. The molecule has 2 heterocycles. The molecule has 5 heteroatoms. The van der Waals surface area contributed by atoms with Crippen LogP contribution in [0.1, 0.15) is 26.7 Å². The van der Waals surface area contributed by atoms with E-state index in [1.807, 2.05) is 19.9 Å². The highest BCUT2D eigenvalue weighted by molar-refractivity contribution is 5.33. The van der Waals surface area contributed by atoms with E-state index in [0.29, 0.717) is 19.4 Å². The Bertz CT molecular complexity index is 485. The SMILES string of the molecule is CC1=C[C@H]2O[C@@H]3[C@H](O)C[C@](C)([C@@]2(CO)[C@H](O)C1)[C@]31CO1. The molecule has 5 nitrogen and oxygen atoms in total. The number of hydrogen-bond donors (Lipinski definition) is 3. The first-order chi connectivity index (χ1) is 9.41. The van der Waals surface area contributed by atoms with Crippen molar-refractivity contribution >= 4 is 0 Å². The maximum atomic E-state index is 10.7. The maximum Gasteiger partial charge on any atom is 0.126 e. The molecule has 1 saturated carbocycles. The van der Waals surface area contributed by atoms with Crippen LogP contribution in [0, 0.1) is 10.8 Å². The van der Waals surface area contributed by atoms with Crippen molar-refractivity contribution in [3.8, 4) is 0 Å². The van der Waals surface area contributed by atoms with Gasteiger partial charge in [0.05, 0.1) is 36.9 Å². The number of aliphatic hydroxyl groups is 3. The van der Waals surface area contributed by atoms with Gasteiger partial charge in [-0.2, -0.15) is 0 Å². The van der Waals surface area contributed by atoms with Crippen molar-refractivity contribution in [3.05, 3.63) is 11.6 Å². The van der Waals surface area contributed by atoms with Crippen molar-refractivity contribution in [1.82, 2.24) is 0 Å². The first-order valence-electron chi connectivity index (χ1n) is 7.35. The van der Waals surface area contributed by atoms with Gasteiger partial charge in [-0.15, -0.1) is 0 Å². The second kappa shape index (κ2) is 3.65. The van der Waals surface area contributed by atoms with E-state index in [4.69, 9.17) is 9.47 Å². The predicted octanol–water partition coefficient (Wildman–Crippen LogP) is -0.0167. The van der Waals surface area contributed by atoms with Crippen LogP contribution in [0.5, 0.6) is 0 Å². The summed E-state index contributed by atoms with van der Waals surface area (Å²) in [7, 11) is 0. The lowest BCUT2D eigenvalue weighted by Gasteiger charge is -2.59. The van der Waals surface area contributed by atoms with Gasteiger partial charge in [0.15, 0.2) is 0 Å². The van der Waals surface area contributed by atoms with Gasteiger partial charge in [-0.3, -0.25) is 0 Å². The Morgan fingerprint density at radius 2 is 2.10 bits per heavy atom. The highest BCUT2D eigenvalue weighted by atomic mass is 16.6. The first kappa shape index (κ1) is 13.2. The molecule has 1 spiro atoms. The highest BCUT2D eigenvalue weighted by Crippen LogP contribution is 2.71. The smallest absolute Gasteiger partial charge is 0.126 e. The molecule has 2 bridgehead atoms. The van der Waals surface area contributed by atoms with E-state index in [-0.39, 0.29) is 18.8 Å². The average molecular weight is 282 g/mol. The summed E-state index contributed by atoms with van der Waals surface area (Å²) in [5.41, 5.74) is -0.738. The minimum absolute atomic E-state index is 0.163. The van der Waals surface area contributed by atoms with Gasteiger partial charge < -0.3 is 24.8 Å². The summed E-state index contributed by atoms with van der Waals surface area (Å²) in [6, 6.07) is 0. The molecular formula is C15H22O5. The van der Waals surface area contributed by atoms with Crippen molar-refractivity contribution in [2.45, 2.75) is 56.7 Å². The molecule has 4 rings (SSSR count). The Labute approximate surface area is 118 Å². The van der Waals surface area contributed by atoms with E-state index in [2.05, 4.69) is 0 Å². The molecule has 2 saturated heterocycles. The Hall–Kier alpha value is -0.460. The third-order valence-corrected chi connectivity index (χ3v) is 6.45. The van der Waals surface area contributed by atoms with Crippen molar-refractivity contribution < 1.29 is 24.8 Å². The minimum atomic E-state index is -0.795. The van der Waals surface area contributed by atoms with Crippen molar-refractivity contribution in [2.24, 2.45) is 10.8 Å². The van der Waals surface area contributed by atoms with Crippen LogP contribution in [-0.4, -0.2) is 58.6 Å². The molecule has 2 aliphatic heterocycles. The van der Waals surface area contributed by atoms with Crippen LogP contribution in [0.2, 0.25) is 0 Å². The third kappa shape index (κ3) is 1.15. The molecule has 0 amide bonds. The number of aliphatic hydroxyl groups excluding tert-OH is 3. The first-order valence-corrected chi connectivity index (χ1v) is 7.35. The fraction of sp³-hybridized carbons (Fsp3) is 0.867. The topological polar surface area (TPSA) is 82.5 Å². The lowest BCUT2D eigenvalue weighted by Crippen LogP contribution is -2.68. The molecule has 3 N–H and O–H groups in total. The summed E-state index contributed by atoms with van der Waals surface area (Å²) in [4.78, 5) is 0. The van der Waals surface area contributed by atoms with Gasteiger partial charge >= 0.3 is 0 Å². The molecule has 20 heavy (non-hydrogen) atoms. The van der Waals surface area contributed by atoms with Crippen LogP contribution in [0.3, 0.4) is 0 Å². The summed E-state index contributed by atoms with van der Waals surface area (Å²) >= 11 is 0. The summed E-state index contributed by atoms with van der Waals surface area (Å²) in [5.74, 6) is 0. The quantitative estimate of drug-likeness (QED) is 0.465. The summed E-state index contributed by atoms with van der Waals surface area (Å²) in [6.07, 6.45) is 1.04. The molecule has 0 aromatic rings. The Kier molecular flexibility index (Phi) is 2.41. The minimum Gasteiger partial charge on any atom is -0.396 e. The lowest BCUT2D eigenvalue weighted by molar-refractivity contribution is -0.248. The van der Waals surface area contributed by atoms with Crippen LogP contribution in [-0.2, 0) is 9.47 Å². The number of rotatable bonds is 1. The zero-order valence-electron chi connectivity index (χ0n) is 11.9. The second-order valence-electron chi connectivity index (χ2n) is 7.19. The zero-order chi connectivity index (χ0) is 14.3. The van der Waals surface area contributed by atoms with Crippen LogP contribution >= 0.6 is 0 Å². The molecule has 0 aromatic heterocycles. The van der Waals surface area contributed by atoms with Gasteiger partial charge in [-0.1, -0.05) is 18.6 Å². The summed E-state index contributed by atoms with van der Waals surface area (Å²) in [6.45, 7) is 4.37. The molecule has 0 radical (unpaired) electrons. The molecule has 3 fully saturated rings. The van der Waals surface area contributed by atoms with Gasteiger partial charge in [0.2, 0.25) is 0 Å². The summed E-state index contributed by atoms with van der Waals surface area (Å²) < 4.78 is 11.8. The lowest BCUT2D eigenvalue weighted by atomic mass is 9.51. The molecule has 112 valence electrons. The Morgan fingerprint density at radius 3 is 2.70 bits per heavy atom. The van der Waals surface area contributed by atoms with Crippen LogP contribution < -0.4 is 0 Å². The Morgan fingerprint density at radius 1 is 1.40 bits per heavy atom. The van der Waals surface area contributed by atoms with Crippen molar-refractivity contribution in [3.63, 3.8) is 0 Å². The van der Waals surface area contributed by atoms with Crippen LogP contribution in [0.15, 0.2) is 11.6 Å². The van der Waals surface area contributed by atoms with E-state index in [0.717, 1.165) is 5.57 Å². The van der Waals surface area contributed by atoms with Gasteiger partial charge in [0.25, 0.3) is 0 Å². The fourth-order valence-electron chi connectivity index (χ4n) is 5.19. The number of hydrogen-bond acceptors (Lipinski definition) is 5. The fourth-order valence-corrected chi connectivity index (χ4v) is 5.19. The van der Waals surface area contributed by atoms with Crippen LogP contribution in [0.25, 0.3) is 0 Å². The van der Waals surface area contributed by atoms with Gasteiger partial charge in [-0.05, 0) is 19.8 Å².